The minimum absolute atomic E-state index is 0.0396. The van der Waals surface area contributed by atoms with Crippen LogP contribution in [0.2, 0.25) is 0 Å². The Morgan fingerprint density at radius 3 is 2.05 bits per heavy atom. The first-order valence-electron chi connectivity index (χ1n) is 18.4. The summed E-state index contributed by atoms with van der Waals surface area (Å²) in [7, 11) is 25.8. The first kappa shape index (κ1) is 33.3. The number of hydrogen-bond acceptors (Lipinski definition) is 4. The highest BCUT2D eigenvalue weighted by Gasteiger charge is 2.25. The Balaban J connectivity index is 1.31. The van der Waals surface area contributed by atoms with E-state index in [0.29, 0.717) is 23.3 Å². The van der Waals surface area contributed by atoms with Gasteiger partial charge in [0.05, 0.1) is 22.1 Å². The molecule has 3 aromatic heterocycles. The summed E-state index contributed by atoms with van der Waals surface area (Å²) >= 11 is 0. The maximum atomic E-state index is 11.0. The molecule has 0 aliphatic heterocycles. The first-order valence-corrected chi connectivity index (χ1v) is 18.4. The van der Waals surface area contributed by atoms with Crippen LogP contribution < -0.4 is 21.9 Å². The fraction of sp³-hybridized carbons (Fsp3) is 0.0889. The number of allylic oxidation sites excluding steroid dienone is 8. The smallest absolute Gasteiger partial charge is 0.238 e. The van der Waals surface area contributed by atoms with Crippen LogP contribution in [0.5, 0.6) is 5.75 Å². The Morgan fingerprint density at radius 1 is 0.564 bits per heavy atom. The van der Waals surface area contributed by atoms with Gasteiger partial charge >= 0.3 is 0 Å². The van der Waals surface area contributed by atoms with Crippen molar-refractivity contribution in [1.82, 2.24) is 24.1 Å². The number of aromatic hydroxyl groups is 1. The summed E-state index contributed by atoms with van der Waals surface area (Å²) in [5.41, 5.74) is 8.45. The molecule has 5 aromatic carbocycles. The Bertz CT molecular complexity index is 3020. The summed E-state index contributed by atoms with van der Waals surface area (Å²) in [5.74, 6) is 1.49. The van der Waals surface area contributed by atoms with Crippen LogP contribution in [0.15, 0.2) is 121 Å². The predicted molar refractivity (Wildman–Crippen MR) is 230 cm³/mol. The van der Waals surface area contributed by atoms with Gasteiger partial charge in [-0.15, -0.1) is 5.46 Å². The lowest BCUT2D eigenvalue weighted by atomic mass is 9.67. The third kappa shape index (κ3) is 5.19. The van der Waals surface area contributed by atoms with E-state index >= 15 is 0 Å². The van der Waals surface area contributed by atoms with E-state index in [-0.39, 0.29) is 27.6 Å². The molecular formula is C45H29B4N5O. The molecule has 10 rings (SSSR count). The van der Waals surface area contributed by atoms with Gasteiger partial charge in [-0.25, -0.2) is 4.98 Å². The van der Waals surface area contributed by atoms with Gasteiger partial charge in [0.1, 0.15) is 37.1 Å². The molecule has 0 spiro atoms. The molecule has 1 N–H and O–H groups in total. The Hall–Kier alpha value is -6.27. The molecule has 0 atom stereocenters. The molecule has 8 aromatic rings. The topological polar surface area (TPSA) is 68.8 Å². The van der Waals surface area contributed by atoms with Crippen molar-refractivity contribution in [2.24, 2.45) is 0 Å². The summed E-state index contributed by atoms with van der Waals surface area (Å²) in [6.45, 7) is 0. The number of rotatable bonds is 5. The number of aromatic nitrogens is 5. The van der Waals surface area contributed by atoms with Gasteiger partial charge in [-0.1, -0.05) is 108 Å². The van der Waals surface area contributed by atoms with Gasteiger partial charge in [0.2, 0.25) is 5.95 Å². The van der Waals surface area contributed by atoms with E-state index in [2.05, 4.69) is 89.5 Å². The summed E-state index contributed by atoms with van der Waals surface area (Å²) in [6, 6.07) is 31.0. The summed E-state index contributed by atoms with van der Waals surface area (Å²) in [6.07, 6.45) is 14.6. The molecule has 55 heavy (non-hydrogen) atoms. The molecule has 6 nitrogen and oxygen atoms in total. The Labute approximate surface area is 323 Å². The zero-order valence-corrected chi connectivity index (χ0v) is 29.9. The number of hydrogen-bond donors (Lipinski definition) is 1. The Kier molecular flexibility index (Phi) is 7.84. The van der Waals surface area contributed by atoms with Crippen LogP contribution in [0.4, 0.5) is 0 Å². The number of para-hydroxylation sites is 2. The molecular weight excluding hydrogens is 670 g/mol. The molecule has 8 radical (unpaired) electrons. The number of fused-ring (bicyclic) bond motifs is 7. The second kappa shape index (κ2) is 12.9. The molecule has 2 aliphatic rings. The van der Waals surface area contributed by atoms with Crippen LogP contribution in [-0.4, -0.2) is 60.6 Å². The van der Waals surface area contributed by atoms with Crippen molar-refractivity contribution in [2.45, 2.75) is 25.7 Å². The van der Waals surface area contributed by atoms with Gasteiger partial charge in [0.15, 0.2) is 11.6 Å². The average Bonchev–Trinajstić information content (AvgIpc) is 3.76. The van der Waals surface area contributed by atoms with Crippen LogP contribution >= 0.6 is 0 Å². The fourth-order valence-electron chi connectivity index (χ4n) is 8.23. The van der Waals surface area contributed by atoms with Crippen molar-refractivity contribution in [3.05, 3.63) is 139 Å². The van der Waals surface area contributed by atoms with Crippen LogP contribution in [-0.2, 0) is 0 Å². The van der Waals surface area contributed by atoms with Crippen molar-refractivity contribution in [3.8, 4) is 17.4 Å². The molecule has 0 unspecified atom stereocenters. The number of phenols is 1. The number of phenolic OH excluding ortho intramolecular Hbond substituents is 1. The maximum absolute atomic E-state index is 11.0. The van der Waals surface area contributed by atoms with Gasteiger partial charge in [0, 0.05) is 32.8 Å². The lowest BCUT2D eigenvalue weighted by Gasteiger charge is -2.21. The summed E-state index contributed by atoms with van der Waals surface area (Å²) in [4.78, 5) is 15.7. The van der Waals surface area contributed by atoms with Crippen molar-refractivity contribution in [3.63, 3.8) is 0 Å². The molecule has 10 heteroatoms. The first-order chi connectivity index (χ1) is 26.9. The van der Waals surface area contributed by atoms with E-state index in [1.807, 2.05) is 41.0 Å². The van der Waals surface area contributed by atoms with E-state index in [9.17, 15) is 5.11 Å². The van der Waals surface area contributed by atoms with Crippen LogP contribution in [0, 0.1) is 0 Å². The predicted octanol–water partition coefficient (Wildman–Crippen LogP) is 5.94. The van der Waals surface area contributed by atoms with E-state index in [1.54, 1.807) is 0 Å². The van der Waals surface area contributed by atoms with Crippen molar-refractivity contribution < 1.29 is 5.11 Å². The largest absolute Gasteiger partial charge is 0.509 e. The molecule has 0 saturated heterocycles. The van der Waals surface area contributed by atoms with Gasteiger partial charge < -0.3 is 9.67 Å². The standard InChI is InChI=1S/C45H29B4N5O/c46-36-37(47)41(39(49)42(55)38(36)48)53-33-21-10-8-19-31(33)35-34(53)23-22-30-29-18-7-9-20-32(29)54(40(30)35)45-51-43(26-14-5-2-6-15-26)50-44(52-45)28-17-11-16-27(24-28)25-12-3-1-4-13-25/h1,3-5,7-10,12-16,18-24,55H,2,6,11,17H2. The van der Waals surface area contributed by atoms with E-state index in [1.165, 1.54) is 0 Å². The third-order valence-electron chi connectivity index (χ3n) is 10.9. The van der Waals surface area contributed by atoms with Crippen LogP contribution in [0.3, 0.4) is 0 Å². The molecule has 252 valence electrons. The molecule has 0 fully saturated rings. The number of benzene rings is 5. The maximum Gasteiger partial charge on any atom is 0.238 e. The Morgan fingerprint density at radius 2 is 1.27 bits per heavy atom. The molecule has 0 saturated carbocycles. The third-order valence-corrected chi connectivity index (χ3v) is 10.9. The molecule has 0 amide bonds. The SMILES string of the molecule is [B]c1c([B])c(O)c([B])c(-n2c3ccccc3c3c2ccc2c4ccccc4n(-c4nc(C5=CCCC=C5)nc(C5=CC(c6ccccc6)=CCC5)n4)c23)c1[B]. The highest BCUT2D eigenvalue weighted by atomic mass is 16.3. The zero-order valence-electron chi connectivity index (χ0n) is 29.9. The lowest BCUT2D eigenvalue weighted by molar-refractivity contribution is 0.484. The van der Waals surface area contributed by atoms with Crippen LogP contribution in [0.25, 0.3) is 72.0 Å². The normalized spacial score (nSPS) is 14.5. The van der Waals surface area contributed by atoms with Crippen molar-refractivity contribution in [2.75, 3.05) is 0 Å². The van der Waals surface area contributed by atoms with E-state index in [4.69, 9.17) is 46.3 Å². The molecule has 3 heterocycles. The monoisotopic (exact) mass is 699 g/mol. The fourth-order valence-corrected chi connectivity index (χ4v) is 8.23. The highest BCUT2D eigenvalue weighted by molar-refractivity contribution is 6.61. The average molecular weight is 699 g/mol. The molecule has 2 aliphatic carbocycles. The highest BCUT2D eigenvalue weighted by Crippen LogP contribution is 2.42. The van der Waals surface area contributed by atoms with Crippen molar-refractivity contribution in [1.29, 1.82) is 0 Å². The van der Waals surface area contributed by atoms with Crippen molar-refractivity contribution >= 4 is 114 Å². The van der Waals surface area contributed by atoms with Gasteiger partial charge in [-0.2, -0.15) is 9.97 Å². The van der Waals surface area contributed by atoms with E-state index in [0.717, 1.165) is 91.6 Å². The zero-order chi connectivity index (χ0) is 37.4. The summed E-state index contributed by atoms with van der Waals surface area (Å²) < 4.78 is 4.11. The van der Waals surface area contributed by atoms with Gasteiger partial charge in [-0.05, 0) is 72.1 Å². The second-order valence-corrected chi connectivity index (χ2v) is 14.1. The lowest BCUT2D eigenvalue weighted by Crippen LogP contribution is -2.45. The van der Waals surface area contributed by atoms with E-state index < -0.39 is 0 Å². The summed E-state index contributed by atoms with van der Waals surface area (Å²) in [5, 5.41) is 15.0. The quantitative estimate of drug-likeness (QED) is 0.226. The molecule has 0 bridgehead atoms. The minimum atomic E-state index is -0.304. The van der Waals surface area contributed by atoms with Gasteiger partial charge in [-0.3, -0.25) is 4.57 Å². The number of nitrogens with zero attached hydrogens (tertiary/aromatic N) is 5. The van der Waals surface area contributed by atoms with Crippen LogP contribution in [0.1, 0.15) is 42.9 Å². The minimum Gasteiger partial charge on any atom is -0.509 e. The second-order valence-electron chi connectivity index (χ2n) is 14.1. The van der Waals surface area contributed by atoms with Gasteiger partial charge in [0.25, 0.3) is 0 Å².